The van der Waals surface area contributed by atoms with Gasteiger partial charge in [-0.05, 0) is 49.1 Å². The number of hydrogen-bond acceptors (Lipinski definition) is 5. The van der Waals surface area contributed by atoms with Crippen molar-refractivity contribution < 1.29 is 22.1 Å². The number of carbonyl (C=O) groups is 1. The monoisotopic (exact) mass is 397 g/mol. The predicted molar refractivity (Wildman–Crippen MR) is 105 cm³/mol. The van der Waals surface area contributed by atoms with Gasteiger partial charge in [0.15, 0.2) is 0 Å². The van der Waals surface area contributed by atoms with E-state index in [4.69, 9.17) is 8.92 Å². The lowest BCUT2D eigenvalue weighted by atomic mass is 9.81. The van der Waals surface area contributed by atoms with Gasteiger partial charge in [0.05, 0.1) is 19.5 Å². The van der Waals surface area contributed by atoms with Crippen LogP contribution < -0.4 is 0 Å². The van der Waals surface area contributed by atoms with Crippen molar-refractivity contribution >= 4 is 16.2 Å². The normalized spacial score (nSPS) is 20.3. The van der Waals surface area contributed by atoms with Crippen LogP contribution in [0.15, 0.2) is 24.3 Å². The summed E-state index contributed by atoms with van der Waals surface area (Å²) in [6.45, 7) is 2.63. The average molecular weight is 398 g/mol. The Morgan fingerprint density at radius 2 is 1.78 bits per heavy atom. The minimum atomic E-state index is -3.42. The van der Waals surface area contributed by atoms with Crippen molar-refractivity contribution in [2.24, 2.45) is 0 Å². The van der Waals surface area contributed by atoms with Gasteiger partial charge in [-0.15, -0.1) is 0 Å². The van der Waals surface area contributed by atoms with Crippen molar-refractivity contribution in [3.63, 3.8) is 0 Å². The van der Waals surface area contributed by atoms with Crippen LogP contribution in [0.5, 0.6) is 0 Å². The Kier molecular flexibility index (Phi) is 8.10. The summed E-state index contributed by atoms with van der Waals surface area (Å²) in [6, 6.07) is 8.18. The number of nitrogens with zero attached hydrogens (tertiary/aromatic N) is 1. The summed E-state index contributed by atoms with van der Waals surface area (Å²) in [7, 11) is -1.60. The minimum absolute atomic E-state index is 0.0663. The number of hydrogen-bond donors (Lipinski definition) is 0. The Hall–Kier alpha value is -1.60. The summed E-state index contributed by atoms with van der Waals surface area (Å²) in [5, 5.41) is 0. The standard InChI is InChI=1S/C20H31NO5S/c1-4-5-14-25-20(22)21(2)19-12-10-18(11-13-19)17-8-6-16(7-9-17)15-26-27(3,23)24/h6-9,18-19H,4-5,10-15H2,1-3H3. The predicted octanol–water partition coefficient (Wildman–Crippen LogP) is 4.06. The van der Waals surface area contributed by atoms with E-state index in [9.17, 15) is 13.2 Å². The van der Waals surface area contributed by atoms with E-state index in [1.165, 1.54) is 5.56 Å². The first-order valence-corrected chi connectivity index (χ1v) is 11.4. The van der Waals surface area contributed by atoms with Gasteiger partial charge in [0.1, 0.15) is 0 Å². The first-order valence-electron chi connectivity index (χ1n) is 9.63. The second kappa shape index (κ2) is 10.1. The van der Waals surface area contributed by atoms with Crippen LogP contribution >= 0.6 is 0 Å². The van der Waals surface area contributed by atoms with E-state index < -0.39 is 10.1 Å². The fourth-order valence-corrected chi connectivity index (χ4v) is 3.76. The maximum Gasteiger partial charge on any atom is 0.409 e. The second-order valence-electron chi connectivity index (χ2n) is 7.29. The molecule has 0 aliphatic heterocycles. The minimum Gasteiger partial charge on any atom is -0.449 e. The smallest absolute Gasteiger partial charge is 0.409 e. The lowest BCUT2D eigenvalue weighted by Crippen LogP contribution is -2.39. The van der Waals surface area contributed by atoms with E-state index in [0.717, 1.165) is 50.3 Å². The Bertz CT molecular complexity index is 694. The van der Waals surface area contributed by atoms with Crippen molar-refractivity contribution in [1.82, 2.24) is 4.90 Å². The van der Waals surface area contributed by atoms with Crippen molar-refractivity contribution in [1.29, 1.82) is 0 Å². The van der Waals surface area contributed by atoms with Crippen molar-refractivity contribution in [2.75, 3.05) is 19.9 Å². The fourth-order valence-electron chi connectivity index (χ4n) is 3.41. The van der Waals surface area contributed by atoms with Gasteiger partial charge in [-0.2, -0.15) is 8.42 Å². The zero-order valence-electron chi connectivity index (χ0n) is 16.5. The number of amides is 1. The van der Waals surface area contributed by atoms with E-state index in [1.54, 1.807) is 4.90 Å². The number of ether oxygens (including phenoxy) is 1. The van der Waals surface area contributed by atoms with E-state index in [-0.39, 0.29) is 18.7 Å². The number of rotatable bonds is 8. The molecule has 152 valence electrons. The van der Waals surface area contributed by atoms with Crippen LogP contribution in [0.3, 0.4) is 0 Å². The molecule has 1 aromatic carbocycles. The Labute approximate surface area is 163 Å². The molecule has 0 aromatic heterocycles. The topological polar surface area (TPSA) is 72.9 Å². The Morgan fingerprint density at radius 3 is 2.33 bits per heavy atom. The third-order valence-electron chi connectivity index (χ3n) is 5.15. The first-order chi connectivity index (χ1) is 12.8. The van der Waals surface area contributed by atoms with Gasteiger partial charge < -0.3 is 9.64 Å². The molecule has 1 aromatic rings. The molecule has 0 radical (unpaired) electrons. The van der Waals surface area contributed by atoms with Crippen LogP contribution in [-0.4, -0.2) is 45.4 Å². The highest BCUT2D eigenvalue weighted by atomic mass is 32.2. The zero-order valence-corrected chi connectivity index (χ0v) is 17.3. The summed E-state index contributed by atoms with van der Waals surface area (Å²) in [4.78, 5) is 13.8. The van der Waals surface area contributed by atoms with Gasteiger partial charge in [-0.1, -0.05) is 37.6 Å². The summed E-state index contributed by atoms with van der Waals surface area (Å²) in [5.74, 6) is 0.468. The van der Waals surface area contributed by atoms with Crippen LogP contribution in [0, 0.1) is 0 Å². The summed E-state index contributed by atoms with van der Waals surface area (Å²) in [6.07, 6.45) is 6.72. The highest BCUT2D eigenvalue weighted by Crippen LogP contribution is 2.34. The average Bonchev–Trinajstić information content (AvgIpc) is 2.66. The summed E-state index contributed by atoms with van der Waals surface area (Å²) >= 11 is 0. The summed E-state index contributed by atoms with van der Waals surface area (Å²) in [5.41, 5.74) is 2.09. The molecular formula is C20H31NO5S. The maximum absolute atomic E-state index is 12.1. The molecule has 0 N–H and O–H groups in total. The van der Waals surface area contributed by atoms with Gasteiger partial charge >= 0.3 is 6.09 Å². The van der Waals surface area contributed by atoms with Gasteiger partial charge in [0.25, 0.3) is 10.1 Å². The third kappa shape index (κ3) is 7.14. The van der Waals surface area contributed by atoms with E-state index in [2.05, 4.69) is 19.1 Å². The van der Waals surface area contributed by atoms with Crippen LogP contribution in [-0.2, 0) is 25.6 Å². The largest absolute Gasteiger partial charge is 0.449 e. The van der Waals surface area contributed by atoms with Gasteiger partial charge in [0, 0.05) is 13.1 Å². The second-order valence-corrected chi connectivity index (χ2v) is 8.94. The van der Waals surface area contributed by atoms with Crippen molar-refractivity contribution in [3.05, 3.63) is 35.4 Å². The Balaban J connectivity index is 1.82. The number of unbranched alkanes of at least 4 members (excludes halogenated alkanes) is 1. The van der Waals surface area contributed by atoms with Crippen LogP contribution in [0.4, 0.5) is 4.79 Å². The molecule has 1 aliphatic rings. The zero-order chi connectivity index (χ0) is 19.9. The maximum atomic E-state index is 12.1. The number of benzene rings is 1. The van der Waals surface area contributed by atoms with Crippen LogP contribution in [0.2, 0.25) is 0 Å². The van der Waals surface area contributed by atoms with Gasteiger partial charge in [0.2, 0.25) is 0 Å². The quantitative estimate of drug-likeness (QED) is 0.489. The molecular weight excluding hydrogens is 366 g/mol. The highest BCUT2D eigenvalue weighted by Gasteiger charge is 2.27. The van der Waals surface area contributed by atoms with E-state index in [0.29, 0.717) is 12.5 Å². The molecule has 6 nitrogen and oxygen atoms in total. The third-order valence-corrected chi connectivity index (χ3v) is 5.69. The number of carbonyl (C=O) groups excluding carboxylic acids is 1. The van der Waals surface area contributed by atoms with Crippen molar-refractivity contribution in [3.8, 4) is 0 Å². The molecule has 0 bridgehead atoms. The van der Waals surface area contributed by atoms with Gasteiger partial charge in [-0.25, -0.2) is 4.79 Å². The molecule has 7 heteroatoms. The first kappa shape index (κ1) is 21.7. The fraction of sp³-hybridized carbons (Fsp3) is 0.650. The SMILES string of the molecule is CCCCOC(=O)N(C)C1CCC(c2ccc(COS(C)(=O)=O)cc2)CC1. The van der Waals surface area contributed by atoms with Crippen LogP contribution in [0.25, 0.3) is 0 Å². The molecule has 0 saturated heterocycles. The molecule has 1 fully saturated rings. The molecule has 1 amide bonds. The van der Waals surface area contributed by atoms with Gasteiger partial charge in [-0.3, -0.25) is 4.18 Å². The molecule has 0 spiro atoms. The van der Waals surface area contributed by atoms with E-state index in [1.807, 2.05) is 19.2 Å². The molecule has 27 heavy (non-hydrogen) atoms. The molecule has 1 aliphatic carbocycles. The lowest BCUT2D eigenvalue weighted by Gasteiger charge is -2.34. The molecule has 0 heterocycles. The molecule has 1 saturated carbocycles. The molecule has 2 rings (SSSR count). The van der Waals surface area contributed by atoms with E-state index >= 15 is 0 Å². The molecule has 0 atom stereocenters. The summed E-state index contributed by atoms with van der Waals surface area (Å²) < 4.78 is 32.3. The lowest BCUT2D eigenvalue weighted by molar-refractivity contribution is 0.0864. The Morgan fingerprint density at radius 1 is 1.15 bits per heavy atom. The van der Waals surface area contributed by atoms with Crippen molar-refractivity contribution in [2.45, 2.75) is 64.0 Å². The highest BCUT2D eigenvalue weighted by molar-refractivity contribution is 7.85. The van der Waals surface area contributed by atoms with Crippen LogP contribution in [0.1, 0.15) is 62.5 Å². The molecule has 0 unspecified atom stereocenters.